The molecule has 0 bridgehead atoms. The van der Waals surface area contributed by atoms with E-state index in [0.29, 0.717) is 29.5 Å². The second-order valence-corrected chi connectivity index (χ2v) is 12.7. The highest BCUT2D eigenvalue weighted by atomic mass is 35.5. The summed E-state index contributed by atoms with van der Waals surface area (Å²) in [7, 11) is 0. The van der Waals surface area contributed by atoms with Crippen LogP contribution < -0.4 is 10.6 Å². The fraction of sp³-hybridized carbons (Fsp3) is 0.548. The van der Waals surface area contributed by atoms with Crippen molar-refractivity contribution in [3.63, 3.8) is 0 Å². The Morgan fingerprint density at radius 2 is 2.02 bits per heavy atom. The maximum absolute atomic E-state index is 9.52. The number of aliphatic hydroxyl groups is 1. The molecule has 2 aliphatic rings. The first-order valence-electron chi connectivity index (χ1n) is 14.5. The molecule has 9 heteroatoms. The molecular formula is C31H42Cl2N4O2S. The third-order valence-corrected chi connectivity index (χ3v) is 9.41. The van der Waals surface area contributed by atoms with Crippen LogP contribution >= 0.6 is 34.5 Å². The minimum absolute atomic E-state index is 0.0374. The van der Waals surface area contributed by atoms with Crippen molar-refractivity contribution in [2.75, 3.05) is 6.54 Å². The van der Waals surface area contributed by atoms with Gasteiger partial charge in [-0.15, -0.1) is 22.9 Å². The van der Waals surface area contributed by atoms with Gasteiger partial charge in [0.05, 0.1) is 38.8 Å². The van der Waals surface area contributed by atoms with Crippen molar-refractivity contribution in [1.29, 1.82) is 0 Å². The van der Waals surface area contributed by atoms with E-state index < -0.39 is 0 Å². The maximum atomic E-state index is 9.52. The van der Waals surface area contributed by atoms with Gasteiger partial charge in [-0.3, -0.25) is 0 Å². The minimum Gasteiger partial charge on any atom is -0.392 e. The molecule has 1 aromatic carbocycles. The Hall–Kier alpha value is -1.74. The van der Waals surface area contributed by atoms with Gasteiger partial charge in [-0.25, -0.2) is 4.98 Å². The quantitative estimate of drug-likeness (QED) is 0.187. The molecule has 0 amide bonds. The summed E-state index contributed by atoms with van der Waals surface area (Å²) in [5.41, 5.74) is 3.82. The standard InChI is InChI=1S/C29H36Cl2N4O2S.C2H6/c1-4-32-17(3)11-19(13-26-34-24-9-8-18(15-36)12-25(24)38-26)33-14-21-28(27-22(30)6-5-7-23(27)31)35-37-29(21)20-10-16(20)2;1-2/h5-9,12,16-17,19-20,22,27,32-33,36H,4,10-11,13-15H2,1-3H3;1-2H3. The van der Waals surface area contributed by atoms with Gasteiger partial charge < -0.3 is 20.3 Å². The molecule has 6 unspecified atom stereocenters. The van der Waals surface area contributed by atoms with Gasteiger partial charge in [-0.05, 0) is 56.0 Å². The van der Waals surface area contributed by atoms with Crippen molar-refractivity contribution in [3.05, 3.63) is 69.0 Å². The first-order valence-corrected chi connectivity index (χ1v) is 16.1. The molecule has 5 rings (SSSR count). The van der Waals surface area contributed by atoms with E-state index in [-0.39, 0.29) is 23.9 Å². The zero-order valence-corrected chi connectivity index (χ0v) is 26.4. The molecule has 1 fully saturated rings. The Morgan fingerprint density at radius 1 is 1.25 bits per heavy atom. The molecule has 2 aromatic heterocycles. The number of thiazole rings is 1. The summed E-state index contributed by atoms with van der Waals surface area (Å²) in [4.78, 5) is 4.90. The number of halogens is 2. The fourth-order valence-electron chi connectivity index (χ4n) is 5.39. The largest absolute Gasteiger partial charge is 0.392 e. The normalized spacial score (nSPS) is 23.4. The number of allylic oxidation sites excluding steroid dienone is 4. The average Bonchev–Trinajstić information content (AvgIpc) is 3.32. The number of nitrogens with zero attached hydrogens (tertiary/aromatic N) is 2. The fourth-order valence-corrected chi connectivity index (χ4v) is 7.22. The number of hydrogen-bond acceptors (Lipinski definition) is 7. The van der Waals surface area contributed by atoms with Gasteiger partial charge in [-0.2, -0.15) is 0 Å². The zero-order chi connectivity index (χ0) is 28.8. The molecule has 6 atom stereocenters. The summed E-state index contributed by atoms with van der Waals surface area (Å²) in [6, 6.07) is 6.51. The van der Waals surface area contributed by atoms with E-state index in [4.69, 9.17) is 32.7 Å². The lowest BCUT2D eigenvalue weighted by molar-refractivity contribution is 0.282. The van der Waals surface area contributed by atoms with Crippen molar-refractivity contribution in [2.24, 2.45) is 5.92 Å². The summed E-state index contributed by atoms with van der Waals surface area (Å²) in [5, 5.41) is 22.9. The molecule has 0 aliphatic heterocycles. The number of aromatic nitrogens is 2. The molecule has 40 heavy (non-hydrogen) atoms. The van der Waals surface area contributed by atoms with Crippen molar-refractivity contribution in [2.45, 2.75) is 96.3 Å². The Labute approximate surface area is 252 Å². The van der Waals surface area contributed by atoms with E-state index in [9.17, 15) is 5.11 Å². The number of aliphatic hydroxyl groups excluding tert-OH is 1. The predicted molar refractivity (Wildman–Crippen MR) is 167 cm³/mol. The van der Waals surface area contributed by atoms with Crippen LogP contribution in [0.15, 0.2) is 46.0 Å². The second-order valence-electron chi connectivity index (χ2n) is 10.6. The Bertz CT molecular complexity index is 1320. The molecule has 218 valence electrons. The summed E-state index contributed by atoms with van der Waals surface area (Å²) < 4.78 is 7.08. The monoisotopic (exact) mass is 604 g/mol. The minimum atomic E-state index is -0.267. The molecule has 3 N–H and O–H groups in total. The number of hydrogen-bond donors (Lipinski definition) is 3. The van der Waals surface area contributed by atoms with Gasteiger partial charge in [0, 0.05) is 41.6 Å². The number of alkyl halides is 1. The summed E-state index contributed by atoms with van der Waals surface area (Å²) in [5.74, 6) is 1.75. The molecule has 6 nitrogen and oxygen atoms in total. The second kappa shape index (κ2) is 14.4. The highest BCUT2D eigenvalue weighted by Gasteiger charge is 2.42. The first kappa shape index (κ1) is 31.2. The van der Waals surface area contributed by atoms with Gasteiger partial charge in [0.15, 0.2) is 0 Å². The van der Waals surface area contributed by atoms with Crippen molar-refractivity contribution in [1.82, 2.24) is 20.8 Å². The maximum Gasteiger partial charge on any atom is 0.144 e. The molecule has 3 aromatic rings. The van der Waals surface area contributed by atoms with E-state index in [1.807, 2.05) is 50.3 Å². The first-order chi connectivity index (χ1) is 19.4. The van der Waals surface area contributed by atoms with Crippen LogP contribution in [0.2, 0.25) is 0 Å². The Morgan fingerprint density at radius 3 is 2.70 bits per heavy atom. The molecule has 2 aliphatic carbocycles. The Balaban J connectivity index is 0.00000181. The topological polar surface area (TPSA) is 83.2 Å². The smallest absolute Gasteiger partial charge is 0.144 e. The lowest BCUT2D eigenvalue weighted by Crippen LogP contribution is -2.38. The van der Waals surface area contributed by atoms with Gasteiger partial charge in [-0.1, -0.05) is 62.7 Å². The van der Waals surface area contributed by atoms with Crippen LogP contribution in [-0.4, -0.2) is 39.3 Å². The zero-order valence-electron chi connectivity index (χ0n) is 24.1. The van der Waals surface area contributed by atoms with Gasteiger partial charge in [0.25, 0.3) is 0 Å². The van der Waals surface area contributed by atoms with E-state index in [1.54, 1.807) is 11.3 Å². The summed E-state index contributed by atoms with van der Waals surface area (Å²) >= 11 is 15.0. The van der Waals surface area contributed by atoms with Crippen LogP contribution in [0.4, 0.5) is 0 Å². The molecule has 0 radical (unpaired) electrons. The van der Waals surface area contributed by atoms with Gasteiger partial charge in [0.2, 0.25) is 0 Å². The summed E-state index contributed by atoms with van der Waals surface area (Å²) in [6.07, 6.45) is 8.63. The van der Waals surface area contributed by atoms with Crippen LogP contribution in [-0.2, 0) is 19.6 Å². The highest BCUT2D eigenvalue weighted by molar-refractivity contribution is 7.18. The van der Waals surface area contributed by atoms with Crippen LogP contribution in [0.3, 0.4) is 0 Å². The average molecular weight is 606 g/mol. The van der Waals surface area contributed by atoms with Gasteiger partial charge >= 0.3 is 0 Å². The Kier molecular flexibility index (Phi) is 11.3. The van der Waals surface area contributed by atoms with Crippen molar-refractivity contribution < 1.29 is 9.63 Å². The van der Waals surface area contributed by atoms with Crippen LogP contribution in [0.25, 0.3) is 10.2 Å². The SMILES string of the molecule is CC.CCNC(C)CC(Cc1nc2ccc(CO)cc2s1)NCc1c(C2C(Cl)=CC=CC2Cl)noc1C1CC1C. The third kappa shape index (κ3) is 7.36. The van der Waals surface area contributed by atoms with Crippen molar-refractivity contribution >= 4 is 44.8 Å². The summed E-state index contributed by atoms with van der Waals surface area (Å²) in [6.45, 7) is 12.2. The number of rotatable bonds is 12. The van der Waals surface area contributed by atoms with Gasteiger partial charge in [0.1, 0.15) is 5.76 Å². The van der Waals surface area contributed by atoms with E-state index in [0.717, 1.165) is 63.6 Å². The molecule has 0 spiro atoms. The predicted octanol–water partition coefficient (Wildman–Crippen LogP) is 7.40. The number of nitrogens with one attached hydrogen (secondary N) is 2. The van der Waals surface area contributed by atoms with E-state index >= 15 is 0 Å². The van der Waals surface area contributed by atoms with E-state index in [1.165, 1.54) is 0 Å². The lowest BCUT2D eigenvalue weighted by Gasteiger charge is -2.24. The highest BCUT2D eigenvalue weighted by Crippen LogP contribution is 2.50. The molecular weight excluding hydrogens is 563 g/mol. The van der Waals surface area contributed by atoms with Crippen LogP contribution in [0, 0.1) is 5.92 Å². The molecule has 1 saturated carbocycles. The van der Waals surface area contributed by atoms with Crippen LogP contribution in [0.5, 0.6) is 0 Å². The third-order valence-electron chi connectivity index (χ3n) is 7.61. The molecule has 0 saturated heterocycles. The number of benzene rings is 1. The lowest BCUT2D eigenvalue weighted by atomic mass is 9.92. The van der Waals surface area contributed by atoms with Crippen molar-refractivity contribution in [3.8, 4) is 0 Å². The van der Waals surface area contributed by atoms with E-state index in [2.05, 4.69) is 36.6 Å². The van der Waals surface area contributed by atoms with Crippen LogP contribution in [0.1, 0.15) is 86.9 Å². The molecule has 2 heterocycles. The number of fused-ring (bicyclic) bond motifs is 1.